The Labute approximate surface area is 91.6 Å². The standard InChI is InChI=1S/C8H9FN2OS.ClH/c9-6-1-3-7(4-2-6)13-5-8(10)11-12;/h1-4,12H,5H2,(H2,10,11);1H. The van der Waals surface area contributed by atoms with Crippen LogP contribution in [0.4, 0.5) is 4.39 Å². The first-order valence-electron chi connectivity index (χ1n) is 3.57. The summed E-state index contributed by atoms with van der Waals surface area (Å²) in [6, 6.07) is 6.03. The van der Waals surface area contributed by atoms with Crippen LogP contribution in [0, 0.1) is 5.82 Å². The van der Waals surface area contributed by atoms with Crippen molar-refractivity contribution in [3.63, 3.8) is 0 Å². The molecule has 0 heterocycles. The van der Waals surface area contributed by atoms with Crippen molar-refractivity contribution in [2.45, 2.75) is 4.90 Å². The molecule has 3 N–H and O–H groups in total. The molecular weight excluding hydrogens is 227 g/mol. The first kappa shape index (κ1) is 13.1. The first-order chi connectivity index (χ1) is 6.22. The highest BCUT2D eigenvalue weighted by atomic mass is 35.5. The average Bonchev–Trinajstić information content (AvgIpc) is 2.16. The van der Waals surface area contributed by atoms with E-state index in [0.29, 0.717) is 5.75 Å². The molecule has 0 spiro atoms. The smallest absolute Gasteiger partial charge is 0.149 e. The third-order valence-corrected chi connectivity index (χ3v) is 2.37. The van der Waals surface area contributed by atoms with Gasteiger partial charge in [0.05, 0.1) is 5.75 Å². The van der Waals surface area contributed by atoms with Gasteiger partial charge in [0.15, 0.2) is 0 Å². The summed E-state index contributed by atoms with van der Waals surface area (Å²) in [5.41, 5.74) is 5.26. The van der Waals surface area contributed by atoms with Crippen LogP contribution in [0.15, 0.2) is 34.3 Å². The van der Waals surface area contributed by atoms with Gasteiger partial charge in [-0.1, -0.05) is 5.16 Å². The maximum Gasteiger partial charge on any atom is 0.149 e. The molecule has 6 heteroatoms. The van der Waals surface area contributed by atoms with E-state index in [1.165, 1.54) is 23.9 Å². The zero-order valence-electron chi connectivity index (χ0n) is 7.18. The van der Waals surface area contributed by atoms with Crippen LogP contribution in [0.3, 0.4) is 0 Å². The number of amidine groups is 1. The molecule has 0 aliphatic carbocycles. The number of thioether (sulfide) groups is 1. The molecule has 1 rings (SSSR count). The number of hydrogen-bond donors (Lipinski definition) is 2. The van der Waals surface area contributed by atoms with E-state index in [9.17, 15) is 4.39 Å². The van der Waals surface area contributed by atoms with Crippen molar-refractivity contribution in [2.24, 2.45) is 10.9 Å². The lowest BCUT2D eigenvalue weighted by molar-refractivity contribution is 0.318. The van der Waals surface area contributed by atoms with E-state index in [-0.39, 0.29) is 24.1 Å². The molecule has 1 aromatic rings. The number of halogens is 2. The molecule has 0 saturated heterocycles. The maximum atomic E-state index is 12.5. The second-order valence-corrected chi connectivity index (χ2v) is 3.38. The highest BCUT2D eigenvalue weighted by Gasteiger charge is 1.97. The predicted molar refractivity (Wildman–Crippen MR) is 57.8 cm³/mol. The Kier molecular flexibility index (Phi) is 6.07. The van der Waals surface area contributed by atoms with Gasteiger partial charge < -0.3 is 10.9 Å². The van der Waals surface area contributed by atoms with E-state index in [2.05, 4.69) is 5.16 Å². The molecule has 0 amide bonds. The fourth-order valence-electron chi connectivity index (χ4n) is 0.717. The summed E-state index contributed by atoms with van der Waals surface area (Å²) in [6.07, 6.45) is 0. The van der Waals surface area contributed by atoms with Gasteiger partial charge in [0.2, 0.25) is 0 Å². The van der Waals surface area contributed by atoms with Crippen LogP contribution < -0.4 is 5.73 Å². The van der Waals surface area contributed by atoms with Crippen LogP contribution in [-0.4, -0.2) is 16.8 Å². The van der Waals surface area contributed by atoms with Crippen LogP contribution >= 0.6 is 24.2 Å². The molecule has 0 fully saturated rings. The molecule has 0 aliphatic rings. The van der Waals surface area contributed by atoms with Crippen LogP contribution in [0.2, 0.25) is 0 Å². The van der Waals surface area contributed by atoms with Gasteiger partial charge in [0.1, 0.15) is 11.7 Å². The van der Waals surface area contributed by atoms with Crippen molar-refractivity contribution in [3.05, 3.63) is 30.1 Å². The number of nitrogens with zero attached hydrogens (tertiary/aromatic N) is 1. The van der Waals surface area contributed by atoms with Gasteiger partial charge in [-0.25, -0.2) is 4.39 Å². The van der Waals surface area contributed by atoms with Crippen LogP contribution in [0.25, 0.3) is 0 Å². The third-order valence-electron chi connectivity index (χ3n) is 1.33. The van der Waals surface area contributed by atoms with Gasteiger partial charge in [-0.3, -0.25) is 0 Å². The van der Waals surface area contributed by atoms with E-state index in [1.807, 2.05) is 0 Å². The summed E-state index contributed by atoms with van der Waals surface area (Å²) in [7, 11) is 0. The van der Waals surface area contributed by atoms with Gasteiger partial charge in [-0.15, -0.1) is 24.2 Å². The lowest BCUT2D eigenvalue weighted by Crippen LogP contribution is -2.13. The highest BCUT2D eigenvalue weighted by molar-refractivity contribution is 8.00. The predicted octanol–water partition coefficient (Wildman–Crippen LogP) is 2.09. The van der Waals surface area contributed by atoms with E-state index in [4.69, 9.17) is 10.9 Å². The van der Waals surface area contributed by atoms with E-state index in [0.717, 1.165) is 4.90 Å². The highest BCUT2D eigenvalue weighted by Crippen LogP contribution is 2.17. The summed E-state index contributed by atoms with van der Waals surface area (Å²) >= 11 is 1.38. The van der Waals surface area contributed by atoms with Gasteiger partial charge in [0, 0.05) is 4.90 Å². The zero-order chi connectivity index (χ0) is 9.68. The second kappa shape index (κ2) is 6.50. The summed E-state index contributed by atoms with van der Waals surface area (Å²) in [4.78, 5) is 0.882. The van der Waals surface area contributed by atoms with Crippen molar-refractivity contribution in [2.75, 3.05) is 5.75 Å². The topological polar surface area (TPSA) is 58.6 Å². The molecule has 3 nitrogen and oxygen atoms in total. The lowest BCUT2D eigenvalue weighted by atomic mass is 10.4. The SMILES string of the molecule is Cl.NC(CSc1ccc(F)cc1)=NO. The molecular formula is C8H10ClFN2OS. The van der Waals surface area contributed by atoms with Crippen molar-refractivity contribution in [1.82, 2.24) is 0 Å². The molecule has 14 heavy (non-hydrogen) atoms. The number of rotatable bonds is 3. The largest absolute Gasteiger partial charge is 0.409 e. The van der Waals surface area contributed by atoms with Crippen molar-refractivity contribution in [1.29, 1.82) is 0 Å². The first-order valence-corrected chi connectivity index (χ1v) is 4.55. The van der Waals surface area contributed by atoms with Crippen LogP contribution in [0.5, 0.6) is 0 Å². The van der Waals surface area contributed by atoms with Crippen molar-refractivity contribution < 1.29 is 9.60 Å². The average molecular weight is 237 g/mol. The van der Waals surface area contributed by atoms with Gasteiger partial charge in [-0.2, -0.15) is 0 Å². The molecule has 0 unspecified atom stereocenters. The Hall–Kier alpha value is -0.940. The van der Waals surface area contributed by atoms with Crippen LogP contribution in [0.1, 0.15) is 0 Å². The van der Waals surface area contributed by atoms with Gasteiger partial charge in [0.25, 0.3) is 0 Å². The van der Waals surface area contributed by atoms with E-state index in [1.54, 1.807) is 12.1 Å². The normalized spacial score (nSPS) is 10.8. The molecule has 0 saturated carbocycles. The Morgan fingerprint density at radius 3 is 2.50 bits per heavy atom. The molecule has 0 atom stereocenters. The minimum Gasteiger partial charge on any atom is -0.409 e. The number of hydrogen-bond acceptors (Lipinski definition) is 3. The lowest BCUT2D eigenvalue weighted by Gasteiger charge is -1.99. The monoisotopic (exact) mass is 236 g/mol. The molecule has 1 aromatic carbocycles. The molecule has 78 valence electrons. The number of oxime groups is 1. The summed E-state index contributed by atoms with van der Waals surface area (Å²) in [5, 5.41) is 11.1. The van der Waals surface area contributed by atoms with Gasteiger partial charge in [-0.05, 0) is 24.3 Å². The number of benzene rings is 1. The number of nitrogens with two attached hydrogens (primary N) is 1. The molecule has 0 radical (unpaired) electrons. The van der Waals surface area contributed by atoms with Crippen molar-refractivity contribution >= 4 is 30.0 Å². The zero-order valence-corrected chi connectivity index (χ0v) is 8.82. The Morgan fingerprint density at radius 1 is 1.43 bits per heavy atom. The maximum absolute atomic E-state index is 12.5. The minimum atomic E-state index is -0.270. The van der Waals surface area contributed by atoms with Gasteiger partial charge >= 0.3 is 0 Å². The van der Waals surface area contributed by atoms with Crippen LogP contribution in [-0.2, 0) is 0 Å². The summed E-state index contributed by atoms with van der Waals surface area (Å²) in [6.45, 7) is 0. The fourth-order valence-corrected chi connectivity index (χ4v) is 1.42. The molecule has 0 bridgehead atoms. The quantitative estimate of drug-likeness (QED) is 0.278. The second-order valence-electron chi connectivity index (χ2n) is 2.33. The fraction of sp³-hybridized carbons (Fsp3) is 0.125. The Bertz CT molecular complexity index is 305. The summed E-state index contributed by atoms with van der Waals surface area (Å²) < 4.78 is 12.5. The Balaban J connectivity index is 0.00000169. The third kappa shape index (κ3) is 4.34. The van der Waals surface area contributed by atoms with E-state index < -0.39 is 0 Å². The van der Waals surface area contributed by atoms with Crippen molar-refractivity contribution in [3.8, 4) is 0 Å². The van der Waals surface area contributed by atoms with E-state index >= 15 is 0 Å². The Morgan fingerprint density at radius 2 is 2.00 bits per heavy atom. The summed E-state index contributed by atoms with van der Waals surface area (Å²) in [5.74, 6) is 0.268. The minimum absolute atomic E-state index is 0. The molecule has 0 aliphatic heterocycles. The molecule has 0 aromatic heterocycles.